The van der Waals surface area contributed by atoms with Crippen molar-refractivity contribution in [2.45, 2.75) is 23.7 Å². The zero-order valence-corrected chi connectivity index (χ0v) is 17.9. The molecule has 31 heavy (non-hydrogen) atoms. The Balaban J connectivity index is 1.60. The number of nitrogens with zero attached hydrogens (tertiary/aromatic N) is 3. The minimum Gasteiger partial charge on any atom is -0.497 e. The van der Waals surface area contributed by atoms with Gasteiger partial charge in [-0.25, -0.2) is 12.8 Å². The van der Waals surface area contributed by atoms with Crippen molar-refractivity contribution in [2.24, 2.45) is 0 Å². The number of aromatic nitrogens is 2. The van der Waals surface area contributed by atoms with E-state index >= 15 is 0 Å². The average molecular weight is 447 g/mol. The number of halogens is 1. The second-order valence-corrected chi connectivity index (χ2v) is 9.05. The van der Waals surface area contributed by atoms with Gasteiger partial charge in [0.15, 0.2) is 0 Å². The number of ether oxygens (including phenoxy) is 2. The van der Waals surface area contributed by atoms with E-state index in [0.717, 1.165) is 0 Å². The van der Waals surface area contributed by atoms with Crippen LogP contribution < -0.4 is 9.47 Å². The van der Waals surface area contributed by atoms with Gasteiger partial charge in [0, 0.05) is 19.2 Å². The smallest absolute Gasteiger partial charge is 0.250 e. The molecule has 1 aromatic heterocycles. The minimum atomic E-state index is -3.85. The highest BCUT2D eigenvalue weighted by atomic mass is 32.2. The van der Waals surface area contributed by atoms with Crippen LogP contribution in [0.2, 0.25) is 0 Å². The molecule has 2 aromatic carbocycles. The Labute approximate surface area is 179 Å². The molecule has 4 rings (SSSR count). The first-order valence-electron chi connectivity index (χ1n) is 9.74. The van der Waals surface area contributed by atoms with E-state index in [0.29, 0.717) is 25.1 Å². The highest BCUT2D eigenvalue weighted by Crippen LogP contribution is 2.35. The molecule has 1 saturated heterocycles. The summed E-state index contributed by atoms with van der Waals surface area (Å²) in [6.45, 7) is 0.523. The molecule has 164 valence electrons. The van der Waals surface area contributed by atoms with Crippen LogP contribution in [0.15, 0.2) is 51.8 Å². The zero-order valence-electron chi connectivity index (χ0n) is 17.1. The van der Waals surface area contributed by atoms with Crippen molar-refractivity contribution in [3.63, 3.8) is 0 Å². The van der Waals surface area contributed by atoms with E-state index in [9.17, 15) is 12.8 Å². The quantitative estimate of drug-likeness (QED) is 0.571. The molecular weight excluding hydrogens is 425 g/mol. The molecule has 0 N–H and O–H groups in total. The molecule has 1 aliphatic heterocycles. The van der Waals surface area contributed by atoms with Crippen molar-refractivity contribution < 1.29 is 26.7 Å². The molecule has 0 amide bonds. The van der Waals surface area contributed by atoms with Gasteiger partial charge in [0.1, 0.15) is 22.2 Å². The van der Waals surface area contributed by atoms with Crippen molar-refractivity contribution in [3.8, 4) is 23.0 Å². The fraction of sp³-hybridized carbons (Fsp3) is 0.333. The Morgan fingerprint density at radius 3 is 2.68 bits per heavy atom. The average Bonchev–Trinajstić information content (AvgIpc) is 3.29. The van der Waals surface area contributed by atoms with Crippen LogP contribution in [0.3, 0.4) is 0 Å². The number of benzene rings is 2. The van der Waals surface area contributed by atoms with Gasteiger partial charge in [-0.2, -0.15) is 4.31 Å². The fourth-order valence-corrected chi connectivity index (χ4v) is 5.32. The number of rotatable bonds is 6. The van der Waals surface area contributed by atoms with Crippen molar-refractivity contribution in [3.05, 3.63) is 54.2 Å². The first-order valence-corrected chi connectivity index (χ1v) is 11.2. The summed E-state index contributed by atoms with van der Waals surface area (Å²) in [5, 5.41) is 8.01. The molecule has 1 atom stereocenters. The lowest BCUT2D eigenvalue weighted by atomic mass is 10.00. The van der Waals surface area contributed by atoms with E-state index in [1.165, 1.54) is 30.7 Å². The zero-order chi connectivity index (χ0) is 22.0. The normalized spacial score (nSPS) is 17.5. The summed E-state index contributed by atoms with van der Waals surface area (Å²) in [4.78, 5) is 0.0348. The summed E-state index contributed by atoms with van der Waals surface area (Å²) in [6.07, 6.45) is 1.30. The highest BCUT2D eigenvalue weighted by Gasteiger charge is 2.35. The first-order chi connectivity index (χ1) is 14.9. The summed E-state index contributed by atoms with van der Waals surface area (Å²) < 4.78 is 58.3. The van der Waals surface area contributed by atoms with E-state index in [-0.39, 0.29) is 40.5 Å². The van der Waals surface area contributed by atoms with Crippen LogP contribution >= 0.6 is 0 Å². The minimum absolute atomic E-state index is 0.0348. The maximum atomic E-state index is 14.0. The topological polar surface area (TPSA) is 94.8 Å². The number of piperidine rings is 1. The molecule has 0 radical (unpaired) electrons. The van der Waals surface area contributed by atoms with Gasteiger partial charge in [-0.05, 0) is 37.1 Å². The van der Waals surface area contributed by atoms with Gasteiger partial charge in [0.25, 0.3) is 5.89 Å². The molecule has 1 fully saturated rings. The number of methoxy groups -OCH3 is 2. The number of sulfonamides is 1. The molecule has 3 aromatic rings. The summed E-state index contributed by atoms with van der Waals surface area (Å²) in [5.41, 5.74) is 0.211. The molecular formula is C21H22FN3O5S. The lowest BCUT2D eigenvalue weighted by molar-refractivity contribution is 0.285. The predicted molar refractivity (Wildman–Crippen MR) is 110 cm³/mol. The van der Waals surface area contributed by atoms with Gasteiger partial charge >= 0.3 is 0 Å². The van der Waals surface area contributed by atoms with E-state index in [1.807, 2.05) is 0 Å². The van der Waals surface area contributed by atoms with Gasteiger partial charge in [-0.15, -0.1) is 10.2 Å². The molecule has 10 heteroatoms. The second-order valence-electron chi connectivity index (χ2n) is 7.14. The Hall–Kier alpha value is -2.98. The molecule has 0 saturated carbocycles. The Kier molecular flexibility index (Phi) is 5.92. The van der Waals surface area contributed by atoms with E-state index in [2.05, 4.69) is 10.2 Å². The molecule has 0 spiro atoms. The van der Waals surface area contributed by atoms with Crippen LogP contribution in [0.4, 0.5) is 4.39 Å². The second kappa shape index (κ2) is 8.64. The Bertz CT molecular complexity index is 1180. The van der Waals surface area contributed by atoms with Gasteiger partial charge in [0.05, 0.1) is 25.7 Å². The van der Waals surface area contributed by atoms with Crippen LogP contribution in [0.25, 0.3) is 11.5 Å². The van der Waals surface area contributed by atoms with E-state index < -0.39 is 15.8 Å². The van der Waals surface area contributed by atoms with Crippen LogP contribution in [0.5, 0.6) is 11.5 Å². The molecule has 0 aliphatic carbocycles. The first kappa shape index (κ1) is 21.3. The molecule has 8 nitrogen and oxygen atoms in total. The maximum absolute atomic E-state index is 14.0. The predicted octanol–water partition coefficient (Wildman–Crippen LogP) is 3.46. The van der Waals surface area contributed by atoms with Crippen LogP contribution in [0, 0.1) is 5.82 Å². The lowest BCUT2D eigenvalue weighted by Crippen LogP contribution is -2.39. The van der Waals surface area contributed by atoms with Gasteiger partial charge in [0.2, 0.25) is 15.9 Å². The summed E-state index contributed by atoms with van der Waals surface area (Å²) in [5.74, 6) is 0.254. The molecule has 0 unspecified atom stereocenters. The standard InChI is InChI=1S/C21H22FN3O5S/c1-28-15-9-10-18(29-2)19(12-15)31(26,27)25-11-5-6-14(13-25)20-23-24-21(30-20)16-7-3-4-8-17(16)22/h3-4,7-10,12,14H,5-6,11,13H2,1-2H3/t14-/m0/s1. The third-order valence-corrected chi connectivity index (χ3v) is 7.15. The summed E-state index contributed by atoms with van der Waals surface area (Å²) in [7, 11) is -0.963. The van der Waals surface area contributed by atoms with E-state index in [1.54, 1.807) is 30.3 Å². The van der Waals surface area contributed by atoms with Crippen molar-refractivity contribution in [1.82, 2.24) is 14.5 Å². The van der Waals surface area contributed by atoms with Gasteiger partial charge in [-0.1, -0.05) is 12.1 Å². The van der Waals surface area contributed by atoms with Gasteiger partial charge in [-0.3, -0.25) is 0 Å². The molecule has 1 aliphatic rings. The van der Waals surface area contributed by atoms with Crippen LogP contribution in [-0.4, -0.2) is 50.2 Å². The number of hydrogen-bond acceptors (Lipinski definition) is 7. The highest BCUT2D eigenvalue weighted by molar-refractivity contribution is 7.89. The SMILES string of the molecule is COc1ccc(OC)c(S(=O)(=O)N2CCC[C@H](c3nnc(-c4ccccc4F)o3)C2)c1. The third kappa shape index (κ3) is 4.13. The maximum Gasteiger partial charge on any atom is 0.250 e. The van der Waals surface area contributed by atoms with Crippen LogP contribution in [-0.2, 0) is 10.0 Å². The van der Waals surface area contributed by atoms with Gasteiger partial charge < -0.3 is 13.9 Å². The van der Waals surface area contributed by atoms with Crippen molar-refractivity contribution in [2.75, 3.05) is 27.3 Å². The summed E-state index contributed by atoms with van der Waals surface area (Å²) >= 11 is 0. The largest absolute Gasteiger partial charge is 0.497 e. The lowest BCUT2D eigenvalue weighted by Gasteiger charge is -2.30. The van der Waals surface area contributed by atoms with Crippen molar-refractivity contribution in [1.29, 1.82) is 0 Å². The van der Waals surface area contributed by atoms with Crippen molar-refractivity contribution >= 4 is 10.0 Å². The Morgan fingerprint density at radius 1 is 1.13 bits per heavy atom. The third-order valence-electron chi connectivity index (χ3n) is 5.27. The number of hydrogen-bond donors (Lipinski definition) is 0. The van der Waals surface area contributed by atoms with Crippen LogP contribution in [0.1, 0.15) is 24.7 Å². The molecule has 2 heterocycles. The Morgan fingerprint density at radius 2 is 1.94 bits per heavy atom. The van der Waals surface area contributed by atoms with E-state index in [4.69, 9.17) is 13.9 Å². The monoisotopic (exact) mass is 447 g/mol. The summed E-state index contributed by atoms with van der Waals surface area (Å²) in [6, 6.07) is 10.8. The molecule has 0 bridgehead atoms. The fourth-order valence-electron chi connectivity index (χ4n) is 3.63.